The summed E-state index contributed by atoms with van der Waals surface area (Å²) in [6, 6.07) is 5.52. The molecule has 0 atom stereocenters. The number of carbonyl (C=O) groups excluding carboxylic acids is 1. The van der Waals surface area contributed by atoms with Crippen LogP contribution in [0.5, 0.6) is 0 Å². The van der Waals surface area contributed by atoms with Crippen LogP contribution in [0.2, 0.25) is 0 Å². The first-order valence-corrected chi connectivity index (χ1v) is 5.54. The number of hydrogen-bond donors (Lipinski definition) is 3. The number of benzene rings is 1. The number of amides is 1. The van der Waals surface area contributed by atoms with E-state index in [9.17, 15) is 4.79 Å². The van der Waals surface area contributed by atoms with E-state index in [2.05, 4.69) is 15.5 Å². The number of nitrogens with zero attached hydrogens (tertiary/aromatic N) is 1. The Bertz CT molecular complexity index is 606. The predicted molar refractivity (Wildman–Crippen MR) is 65.9 cm³/mol. The van der Waals surface area contributed by atoms with Gasteiger partial charge in [0.25, 0.3) is 5.91 Å². The summed E-state index contributed by atoms with van der Waals surface area (Å²) in [5.74, 6) is 0.192. The Morgan fingerprint density at radius 2 is 2.22 bits per heavy atom. The predicted octanol–water partition coefficient (Wildman–Crippen LogP) is 1.27. The van der Waals surface area contributed by atoms with Crippen molar-refractivity contribution in [1.82, 2.24) is 10.2 Å². The van der Waals surface area contributed by atoms with Gasteiger partial charge in [-0.2, -0.15) is 5.10 Å². The van der Waals surface area contributed by atoms with E-state index in [-0.39, 0.29) is 5.91 Å². The monoisotopic (exact) mass is 244 g/mol. The number of H-pyrrole nitrogens is 1. The fourth-order valence-electron chi connectivity index (χ4n) is 1.89. The van der Waals surface area contributed by atoms with Crippen molar-refractivity contribution in [3.63, 3.8) is 0 Å². The fraction of sp³-hybridized carbons (Fsp3) is 0.167. The molecular weight excluding hydrogens is 232 g/mol. The maximum atomic E-state index is 12.0. The molecule has 3 rings (SSSR count). The van der Waals surface area contributed by atoms with E-state index in [1.165, 1.54) is 6.20 Å². The highest BCUT2D eigenvalue weighted by Gasteiger charge is 2.15. The van der Waals surface area contributed by atoms with Gasteiger partial charge in [-0.25, -0.2) is 0 Å². The van der Waals surface area contributed by atoms with E-state index in [1.54, 1.807) is 6.07 Å². The van der Waals surface area contributed by atoms with Crippen molar-refractivity contribution in [2.75, 3.05) is 11.1 Å². The van der Waals surface area contributed by atoms with Crippen LogP contribution in [-0.2, 0) is 18.0 Å². The van der Waals surface area contributed by atoms with Gasteiger partial charge in [-0.15, -0.1) is 0 Å². The third-order valence-corrected chi connectivity index (χ3v) is 2.89. The number of fused-ring (bicyclic) bond motifs is 1. The third kappa shape index (κ3) is 1.82. The molecule has 92 valence electrons. The standard InChI is InChI=1S/C12H12N4O2/c13-10-4-14-16-11(10)15-12(17)7-1-2-8-5-18-6-9(8)3-7/h1-4H,5-6,13H2,(H2,14,15,16,17). The minimum absolute atomic E-state index is 0.222. The highest BCUT2D eigenvalue weighted by atomic mass is 16.5. The van der Waals surface area contributed by atoms with E-state index >= 15 is 0 Å². The van der Waals surface area contributed by atoms with Crippen molar-refractivity contribution in [3.8, 4) is 0 Å². The highest BCUT2D eigenvalue weighted by Crippen LogP contribution is 2.21. The van der Waals surface area contributed by atoms with Crippen LogP contribution in [0.15, 0.2) is 24.4 Å². The third-order valence-electron chi connectivity index (χ3n) is 2.89. The zero-order valence-corrected chi connectivity index (χ0v) is 9.56. The summed E-state index contributed by atoms with van der Waals surface area (Å²) in [7, 11) is 0. The van der Waals surface area contributed by atoms with Gasteiger partial charge in [0.05, 0.1) is 25.1 Å². The van der Waals surface area contributed by atoms with Gasteiger partial charge in [0.2, 0.25) is 0 Å². The van der Waals surface area contributed by atoms with Gasteiger partial charge in [0.15, 0.2) is 5.82 Å². The van der Waals surface area contributed by atoms with E-state index < -0.39 is 0 Å². The number of aromatic nitrogens is 2. The van der Waals surface area contributed by atoms with Gasteiger partial charge < -0.3 is 15.8 Å². The number of carbonyl (C=O) groups is 1. The summed E-state index contributed by atoms with van der Waals surface area (Å²) in [5.41, 5.74) is 8.80. The minimum Gasteiger partial charge on any atom is -0.394 e. The maximum Gasteiger partial charge on any atom is 0.256 e. The fourth-order valence-corrected chi connectivity index (χ4v) is 1.89. The van der Waals surface area contributed by atoms with Crippen LogP contribution in [0.3, 0.4) is 0 Å². The van der Waals surface area contributed by atoms with Gasteiger partial charge in [0, 0.05) is 5.56 Å². The molecule has 0 fully saturated rings. The molecule has 18 heavy (non-hydrogen) atoms. The van der Waals surface area contributed by atoms with Crippen LogP contribution >= 0.6 is 0 Å². The average Bonchev–Trinajstić information content (AvgIpc) is 2.98. The van der Waals surface area contributed by atoms with Crippen molar-refractivity contribution >= 4 is 17.4 Å². The Morgan fingerprint density at radius 1 is 1.39 bits per heavy atom. The van der Waals surface area contributed by atoms with Gasteiger partial charge in [-0.05, 0) is 23.3 Å². The number of rotatable bonds is 2. The number of ether oxygens (including phenoxy) is 1. The van der Waals surface area contributed by atoms with Crippen molar-refractivity contribution in [3.05, 3.63) is 41.1 Å². The topological polar surface area (TPSA) is 93.0 Å². The minimum atomic E-state index is -0.222. The smallest absolute Gasteiger partial charge is 0.256 e. The molecule has 6 heteroatoms. The summed E-state index contributed by atoms with van der Waals surface area (Å²) in [6.45, 7) is 1.17. The molecule has 0 aliphatic carbocycles. The molecule has 4 N–H and O–H groups in total. The molecule has 6 nitrogen and oxygen atoms in total. The van der Waals surface area contributed by atoms with Crippen molar-refractivity contribution in [1.29, 1.82) is 0 Å². The number of hydrogen-bond acceptors (Lipinski definition) is 4. The first-order valence-electron chi connectivity index (χ1n) is 5.54. The molecule has 1 aliphatic rings. The molecule has 0 saturated heterocycles. The molecule has 0 bridgehead atoms. The summed E-state index contributed by atoms with van der Waals surface area (Å²) >= 11 is 0. The Balaban J connectivity index is 1.83. The Kier molecular flexibility index (Phi) is 2.49. The Hall–Kier alpha value is -2.34. The summed E-state index contributed by atoms with van der Waals surface area (Å²) in [6.07, 6.45) is 1.45. The lowest BCUT2D eigenvalue weighted by atomic mass is 10.1. The van der Waals surface area contributed by atoms with Crippen LogP contribution in [0.1, 0.15) is 21.5 Å². The molecular formula is C12H12N4O2. The van der Waals surface area contributed by atoms with Gasteiger partial charge in [-0.1, -0.05) is 6.07 Å². The highest BCUT2D eigenvalue weighted by molar-refractivity contribution is 6.05. The van der Waals surface area contributed by atoms with Crippen molar-refractivity contribution in [2.24, 2.45) is 0 Å². The number of anilines is 2. The number of nitrogens with one attached hydrogen (secondary N) is 2. The normalized spacial score (nSPS) is 13.3. The Morgan fingerprint density at radius 3 is 3.00 bits per heavy atom. The second-order valence-electron chi connectivity index (χ2n) is 4.13. The summed E-state index contributed by atoms with van der Waals surface area (Å²) in [4.78, 5) is 12.0. The SMILES string of the molecule is Nc1cn[nH]c1NC(=O)c1ccc2c(c1)COC2. The largest absolute Gasteiger partial charge is 0.394 e. The summed E-state index contributed by atoms with van der Waals surface area (Å²) < 4.78 is 5.31. The van der Waals surface area contributed by atoms with E-state index in [0.29, 0.717) is 30.3 Å². The van der Waals surface area contributed by atoms with E-state index in [4.69, 9.17) is 10.5 Å². The first-order chi connectivity index (χ1) is 8.74. The molecule has 1 amide bonds. The van der Waals surface area contributed by atoms with Gasteiger partial charge in [0.1, 0.15) is 0 Å². The maximum absolute atomic E-state index is 12.0. The lowest BCUT2D eigenvalue weighted by molar-refractivity contribution is 0.102. The first kappa shape index (κ1) is 10.8. The summed E-state index contributed by atoms with van der Waals surface area (Å²) in [5, 5.41) is 9.04. The Labute approximate surface area is 103 Å². The number of aromatic amines is 1. The van der Waals surface area contributed by atoms with Crippen LogP contribution in [0.25, 0.3) is 0 Å². The zero-order valence-electron chi connectivity index (χ0n) is 9.56. The molecule has 2 aromatic rings. The van der Waals surface area contributed by atoms with E-state index in [0.717, 1.165) is 11.1 Å². The molecule has 0 spiro atoms. The van der Waals surface area contributed by atoms with Crippen LogP contribution in [-0.4, -0.2) is 16.1 Å². The van der Waals surface area contributed by atoms with Gasteiger partial charge >= 0.3 is 0 Å². The zero-order chi connectivity index (χ0) is 12.5. The number of nitrogens with two attached hydrogens (primary N) is 1. The van der Waals surface area contributed by atoms with Crippen LogP contribution < -0.4 is 11.1 Å². The van der Waals surface area contributed by atoms with Crippen molar-refractivity contribution < 1.29 is 9.53 Å². The molecule has 0 radical (unpaired) electrons. The lowest BCUT2D eigenvalue weighted by Crippen LogP contribution is -2.13. The number of nitrogen functional groups attached to an aromatic ring is 1. The molecule has 1 aromatic heterocycles. The lowest BCUT2D eigenvalue weighted by Gasteiger charge is -2.05. The second kappa shape index (κ2) is 4.15. The molecule has 1 aliphatic heterocycles. The molecule has 0 saturated carbocycles. The molecule has 2 heterocycles. The van der Waals surface area contributed by atoms with Crippen LogP contribution in [0.4, 0.5) is 11.5 Å². The average molecular weight is 244 g/mol. The van der Waals surface area contributed by atoms with E-state index in [1.807, 2.05) is 12.1 Å². The van der Waals surface area contributed by atoms with Crippen molar-refractivity contribution in [2.45, 2.75) is 13.2 Å². The quantitative estimate of drug-likeness (QED) is 0.741. The van der Waals surface area contributed by atoms with Crippen LogP contribution in [0, 0.1) is 0 Å². The second-order valence-corrected chi connectivity index (χ2v) is 4.13. The van der Waals surface area contributed by atoms with Gasteiger partial charge in [-0.3, -0.25) is 9.89 Å². The molecule has 0 unspecified atom stereocenters. The molecule has 1 aromatic carbocycles.